The van der Waals surface area contributed by atoms with Crippen molar-refractivity contribution in [2.75, 3.05) is 20.3 Å². The number of aliphatic hydroxyl groups excluding tert-OH is 3. The Bertz CT molecular complexity index is 1870. The van der Waals surface area contributed by atoms with Gasteiger partial charge >= 0.3 is 0 Å². The zero-order chi connectivity index (χ0) is 66.1. The predicted molar refractivity (Wildman–Crippen MR) is 380 cm³/mol. The van der Waals surface area contributed by atoms with Crippen LogP contribution in [0.1, 0.15) is 219 Å². The van der Waals surface area contributed by atoms with Crippen LogP contribution in [0.15, 0.2) is 171 Å². The Morgan fingerprint density at radius 1 is 0.506 bits per heavy atom. The van der Waals surface area contributed by atoms with Crippen molar-refractivity contribution in [1.29, 1.82) is 0 Å². The first-order valence-corrected chi connectivity index (χ1v) is 28.9. The molecule has 87 heavy (non-hydrogen) atoms. The van der Waals surface area contributed by atoms with E-state index in [4.69, 9.17) is 29.5 Å². The lowest BCUT2D eigenvalue weighted by molar-refractivity contribution is -0.121. The molecular formula is C74H132O13. The number of hydrogen-bond acceptors (Lipinski definition) is 13. The van der Waals surface area contributed by atoms with Gasteiger partial charge in [0.25, 0.3) is 0 Å². The number of rotatable bonds is 19. The Labute approximate surface area is 535 Å². The molecule has 2 saturated heterocycles. The maximum Gasteiger partial charge on any atom is 0.195 e. The molecule has 3 N–H and O–H groups in total. The summed E-state index contributed by atoms with van der Waals surface area (Å²) in [5, 5.41) is 23.3. The summed E-state index contributed by atoms with van der Waals surface area (Å²) in [7, 11) is 1.68. The minimum Gasteiger partial charge on any atom is -0.516 e. The van der Waals surface area contributed by atoms with Crippen LogP contribution in [-0.2, 0) is 47.8 Å². The molecular weight excluding hydrogens is 1100 g/mol. The molecule has 0 amide bonds. The number of ether oxygens (including phenoxy) is 3. The highest BCUT2D eigenvalue weighted by Crippen LogP contribution is 2.31. The van der Waals surface area contributed by atoms with E-state index in [2.05, 4.69) is 27.0 Å². The maximum absolute atomic E-state index is 11.5. The van der Waals surface area contributed by atoms with Crippen molar-refractivity contribution in [3.63, 3.8) is 0 Å². The van der Waals surface area contributed by atoms with Gasteiger partial charge in [-0.3, -0.25) is 33.6 Å². The zero-order valence-electron chi connectivity index (χ0n) is 55.0. The number of carbonyl (C=O) groups is 7. The third-order valence-electron chi connectivity index (χ3n) is 9.35. The molecule has 13 nitrogen and oxygen atoms in total. The van der Waals surface area contributed by atoms with Gasteiger partial charge < -0.3 is 29.5 Å². The minimum atomic E-state index is -0.157. The Hall–Kier alpha value is -6.51. The van der Waals surface area contributed by atoms with Crippen LogP contribution in [-0.4, -0.2) is 101 Å². The molecule has 0 bridgehead atoms. The molecule has 4 atom stereocenters. The van der Waals surface area contributed by atoms with Gasteiger partial charge in [-0.2, -0.15) is 0 Å². The lowest BCUT2D eigenvalue weighted by atomic mass is 9.89. The summed E-state index contributed by atoms with van der Waals surface area (Å²) in [6.07, 6.45) is 48.5. The summed E-state index contributed by atoms with van der Waals surface area (Å²) < 4.78 is 14.7. The highest BCUT2D eigenvalue weighted by atomic mass is 16.6. The van der Waals surface area contributed by atoms with Crippen LogP contribution in [0.4, 0.5) is 0 Å². The normalized spacial score (nSPS) is 16.2. The molecule has 4 unspecified atom stereocenters. The quantitative estimate of drug-likeness (QED) is 0.0361. The first kappa shape index (κ1) is 112. The van der Waals surface area contributed by atoms with Crippen LogP contribution >= 0.6 is 0 Å². The monoisotopic (exact) mass is 1230 g/mol. The fraction of sp³-hybridized carbons (Fsp3) is 0.527. The second-order valence-corrected chi connectivity index (χ2v) is 16.9. The number of methoxy groups -OCH3 is 1. The Kier molecular flexibility index (Phi) is 123. The van der Waals surface area contributed by atoms with Crippen LogP contribution in [0.2, 0.25) is 0 Å². The van der Waals surface area contributed by atoms with Crippen LogP contribution in [0.25, 0.3) is 0 Å². The molecule has 0 aromatic heterocycles. The molecule has 13 heteroatoms. The summed E-state index contributed by atoms with van der Waals surface area (Å²) in [4.78, 5) is 74.8. The van der Waals surface area contributed by atoms with E-state index >= 15 is 0 Å². The number of ketones is 7. The summed E-state index contributed by atoms with van der Waals surface area (Å²) in [6.45, 7) is 42.1. The number of aliphatic hydroxyl groups is 3. The molecule has 0 spiro atoms. The lowest BCUT2D eigenvalue weighted by Gasteiger charge is -2.14. The summed E-state index contributed by atoms with van der Waals surface area (Å²) in [5.74, 6) is 0.803. The SMILES string of the molecule is C.C.C.C.C/C=C1\CCC/C(=C\C)C1=O.C=CC(=O)C=CC.C=CC(=O)C=CC.CC1OC1C(=O)C1OC1C.CC=CC(=O)C=CC.CC=CC=CC(=O)C=CC.CC=CCOC.CC=CO.CC=CO.CCCC.CCCC(=O)CCC.CCCO. The summed E-state index contributed by atoms with van der Waals surface area (Å²) in [6, 6.07) is 0. The number of carbonyl (C=O) groups excluding carboxylic acids is 7. The first-order chi connectivity index (χ1) is 39.6. The van der Waals surface area contributed by atoms with Crippen molar-refractivity contribution in [2.24, 2.45) is 0 Å². The van der Waals surface area contributed by atoms with E-state index in [1.54, 1.807) is 83.4 Å². The summed E-state index contributed by atoms with van der Waals surface area (Å²) >= 11 is 0. The van der Waals surface area contributed by atoms with Crippen molar-refractivity contribution in [1.82, 2.24) is 0 Å². The third kappa shape index (κ3) is 102. The van der Waals surface area contributed by atoms with Crippen LogP contribution < -0.4 is 0 Å². The van der Waals surface area contributed by atoms with E-state index in [1.165, 1.54) is 61.4 Å². The number of epoxide rings is 2. The van der Waals surface area contributed by atoms with Gasteiger partial charge in [0.05, 0.1) is 31.3 Å². The third-order valence-corrected chi connectivity index (χ3v) is 9.35. The Balaban J connectivity index is -0.0000000631. The molecule has 2 aliphatic heterocycles. The van der Waals surface area contributed by atoms with E-state index in [0.29, 0.717) is 12.4 Å². The van der Waals surface area contributed by atoms with Crippen molar-refractivity contribution >= 4 is 40.5 Å². The molecule has 1 aliphatic carbocycles. The van der Waals surface area contributed by atoms with Gasteiger partial charge in [0.1, 0.15) is 18.0 Å². The van der Waals surface area contributed by atoms with E-state index in [-0.39, 0.29) is 88.8 Å². The van der Waals surface area contributed by atoms with Gasteiger partial charge in [-0.1, -0.05) is 175 Å². The van der Waals surface area contributed by atoms with Crippen molar-refractivity contribution in [2.45, 2.75) is 243 Å². The van der Waals surface area contributed by atoms with Gasteiger partial charge in [0, 0.05) is 26.6 Å². The molecule has 3 fully saturated rings. The zero-order valence-corrected chi connectivity index (χ0v) is 55.0. The van der Waals surface area contributed by atoms with Gasteiger partial charge in [-0.15, -0.1) is 0 Å². The van der Waals surface area contributed by atoms with Gasteiger partial charge in [0.15, 0.2) is 34.7 Å². The standard InChI is InChI=1S/C10H14O.C9H12O.C7H10O3.C7H14O.C7H10O.2C6H8O.C5H10O.C4H10.C3H8O.2C3H6O.4CH4/c1-3-8-6-5-7-9(4-2)10(8)11;1-3-5-6-8-9(10)7-4-2;1-3-6(9-3)5(8)7-4(2)10-7;2*1-3-5-7(8)6-4-2;2*1-3-5-6(7)4-2;1-3-4-5-6-2;1-3-4-2;3*1-2-3-4;;;;/h3-4H,5-7H2,1-2H3;3-8H,1-2H3;3-4,6-7H,1-2H3;3-6H2,1-2H3;3-6H,1-2H3;2*3-5H,2H2,1H3;3-4H,5H2,1-2H3;3-4H2,1-2H3;4H,2-3H2,1H3;2*2-4H,1H3;4*1H4/b8-3+,9-4+;;;;;;;;;;;;;;;. The number of allylic oxidation sites excluding steroid dienone is 23. The second kappa shape index (κ2) is 95.8. The number of unbranched alkanes of at least 4 members (excludes halogenated alkanes) is 1. The minimum absolute atomic E-state index is 0. The molecule has 3 aliphatic rings. The van der Waals surface area contributed by atoms with Gasteiger partial charge in [-0.05, 0) is 188 Å². The largest absolute Gasteiger partial charge is 0.516 e. The molecule has 3 rings (SSSR count). The smallest absolute Gasteiger partial charge is 0.195 e. The molecule has 506 valence electrons. The van der Waals surface area contributed by atoms with E-state index in [1.807, 2.05) is 120 Å². The van der Waals surface area contributed by atoms with Crippen molar-refractivity contribution in [3.05, 3.63) is 171 Å². The average Bonchev–Trinajstić information content (AvgIpc) is 2.33. The van der Waals surface area contributed by atoms with Gasteiger partial charge in [0.2, 0.25) is 0 Å². The van der Waals surface area contributed by atoms with Crippen LogP contribution in [0.3, 0.4) is 0 Å². The predicted octanol–water partition coefficient (Wildman–Crippen LogP) is 19.6. The first-order valence-electron chi connectivity index (χ1n) is 28.9. The maximum atomic E-state index is 11.5. The Morgan fingerprint density at radius 3 is 1.00 bits per heavy atom. The summed E-state index contributed by atoms with van der Waals surface area (Å²) in [5.41, 5.74) is 1.98. The van der Waals surface area contributed by atoms with E-state index in [0.717, 1.165) is 81.6 Å². The molecule has 0 aromatic rings. The second-order valence-electron chi connectivity index (χ2n) is 16.9. The van der Waals surface area contributed by atoms with Crippen molar-refractivity contribution < 1.29 is 63.1 Å². The molecule has 0 radical (unpaired) electrons. The number of Topliss-reactive ketones (excluding diaryl/α,β-unsaturated/α-hetero) is 3. The highest BCUT2D eigenvalue weighted by Gasteiger charge is 2.52. The van der Waals surface area contributed by atoms with Gasteiger partial charge in [-0.25, -0.2) is 0 Å². The van der Waals surface area contributed by atoms with Crippen LogP contribution in [0, 0.1) is 0 Å². The molecule has 2 heterocycles. The number of hydrogen-bond donors (Lipinski definition) is 3. The lowest BCUT2D eigenvalue weighted by Crippen LogP contribution is -2.16. The fourth-order valence-electron chi connectivity index (χ4n) is 4.79. The molecule has 1 saturated carbocycles. The fourth-order valence-corrected chi connectivity index (χ4v) is 4.79. The highest BCUT2D eigenvalue weighted by molar-refractivity contribution is 6.08. The van der Waals surface area contributed by atoms with Crippen molar-refractivity contribution in [3.8, 4) is 0 Å². The average molecular weight is 1230 g/mol. The van der Waals surface area contributed by atoms with Crippen LogP contribution in [0.5, 0.6) is 0 Å². The topological polar surface area (TPSA) is 214 Å². The molecule has 0 aromatic carbocycles. The Morgan fingerprint density at radius 2 is 0.816 bits per heavy atom. The van der Waals surface area contributed by atoms with E-state index in [9.17, 15) is 33.6 Å². The van der Waals surface area contributed by atoms with E-state index < -0.39 is 0 Å².